The van der Waals surface area contributed by atoms with Crippen LogP contribution in [0.3, 0.4) is 0 Å². The molecule has 3 aromatic rings. The molecule has 8 heteroatoms. The first kappa shape index (κ1) is 20.2. The number of carbonyl (C=O) groups excluding carboxylic acids is 1. The number of nitrogens with two attached hydrogens (primary N) is 1. The summed E-state index contributed by atoms with van der Waals surface area (Å²) in [6.45, 7) is 3.92. The average molecular weight is 399 g/mol. The molecule has 0 unspecified atom stereocenters. The van der Waals surface area contributed by atoms with Crippen LogP contribution in [0.15, 0.2) is 45.6 Å². The van der Waals surface area contributed by atoms with Crippen molar-refractivity contribution >= 4 is 16.9 Å². The highest BCUT2D eigenvalue weighted by Gasteiger charge is 2.19. The number of esters is 1. The molecule has 29 heavy (non-hydrogen) atoms. The summed E-state index contributed by atoms with van der Waals surface area (Å²) in [5.74, 6) is -1.97. The predicted molar refractivity (Wildman–Crippen MR) is 106 cm³/mol. The van der Waals surface area contributed by atoms with E-state index < -0.39 is 34.7 Å². The van der Waals surface area contributed by atoms with Crippen LogP contribution in [0, 0.1) is 5.92 Å². The fourth-order valence-electron chi connectivity index (χ4n) is 2.90. The highest BCUT2D eigenvalue weighted by atomic mass is 16.5. The molecule has 3 rings (SSSR count). The van der Waals surface area contributed by atoms with Gasteiger partial charge in [-0.25, -0.2) is 4.79 Å². The highest BCUT2D eigenvalue weighted by molar-refractivity contribution is 5.89. The normalized spacial score (nSPS) is 12.3. The Morgan fingerprint density at radius 2 is 1.76 bits per heavy atom. The first-order chi connectivity index (χ1) is 13.7. The molecule has 0 saturated heterocycles. The molecule has 5 N–H and O–H groups in total. The van der Waals surface area contributed by atoms with Crippen molar-refractivity contribution in [2.45, 2.75) is 26.3 Å². The van der Waals surface area contributed by atoms with Crippen LogP contribution >= 0.6 is 0 Å². The van der Waals surface area contributed by atoms with Gasteiger partial charge in [0.25, 0.3) is 0 Å². The number of phenols is 3. The molecule has 1 heterocycles. The average Bonchev–Trinajstić information content (AvgIpc) is 2.65. The number of phenolic OH excluding ortho intramolecular Hbond substituents is 3. The second kappa shape index (κ2) is 7.84. The maximum Gasteiger partial charge on any atom is 0.328 e. The van der Waals surface area contributed by atoms with E-state index in [9.17, 15) is 24.9 Å². The summed E-state index contributed by atoms with van der Waals surface area (Å²) in [4.78, 5) is 24.3. The number of rotatable bonds is 5. The molecule has 0 fully saturated rings. The van der Waals surface area contributed by atoms with Gasteiger partial charge < -0.3 is 30.2 Å². The molecule has 0 bridgehead atoms. The molecule has 0 amide bonds. The zero-order chi connectivity index (χ0) is 21.3. The molecule has 1 aromatic heterocycles. The molecular weight excluding hydrogens is 378 g/mol. The fourth-order valence-corrected chi connectivity index (χ4v) is 2.90. The zero-order valence-corrected chi connectivity index (χ0v) is 15.9. The molecule has 0 spiro atoms. The van der Waals surface area contributed by atoms with E-state index in [1.807, 2.05) is 13.8 Å². The van der Waals surface area contributed by atoms with Crippen LogP contribution in [0.4, 0.5) is 0 Å². The fraction of sp³-hybridized carbons (Fsp3) is 0.238. The van der Waals surface area contributed by atoms with E-state index in [1.54, 1.807) is 12.1 Å². The van der Waals surface area contributed by atoms with Gasteiger partial charge in [0.2, 0.25) is 5.75 Å². The van der Waals surface area contributed by atoms with E-state index in [-0.39, 0.29) is 22.6 Å². The van der Waals surface area contributed by atoms with Gasteiger partial charge in [-0.2, -0.15) is 0 Å². The number of ether oxygens (including phenoxy) is 1. The van der Waals surface area contributed by atoms with Crippen molar-refractivity contribution < 1.29 is 29.3 Å². The Labute approximate surface area is 165 Å². The lowest BCUT2D eigenvalue weighted by Gasteiger charge is -2.13. The smallest absolute Gasteiger partial charge is 0.328 e. The quantitative estimate of drug-likeness (QED) is 0.291. The van der Waals surface area contributed by atoms with Gasteiger partial charge in [-0.1, -0.05) is 13.8 Å². The van der Waals surface area contributed by atoms with Crippen LogP contribution in [0.5, 0.6) is 23.0 Å². The van der Waals surface area contributed by atoms with Crippen LogP contribution in [0.2, 0.25) is 0 Å². The molecule has 8 nitrogen and oxygen atoms in total. The van der Waals surface area contributed by atoms with Gasteiger partial charge in [0.15, 0.2) is 16.9 Å². The van der Waals surface area contributed by atoms with E-state index in [2.05, 4.69) is 0 Å². The molecular formula is C21H21NO7. The van der Waals surface area contributed by atoms with Gasteiger partial charge in [-0.15, -0.1) is 0 Å². The number of hydrogen-bond donors (Lipinski definition) is 4. The molecule has 152 valence electrons. The highest BCUT2D eigenvalue weighted by Crippen LogP contribution is 2.40. The standard InChI is InChI=1S/C21H21NO7/c1-10(2)7-13(22)21(27)28-12-5-3-11(4-6-12)16-8-14(23)18-17(29-16)9-15(24)19(25)20(18)26/h3-6,8-10,13,24-26H,7,22H2,1-2H3/t13-/m0/s1. The lowest BCUT2D eigenvalue weighted by Crippen LogP contribution is -2.35. The summed E-state index contributed by atoms with van der Waals surface area (Å²) in [5, 5.41) is 28.8. The van der Waals surface area contributed by atoms with Gasteiger partial charge >= 0.3 is 5.97 Å². The lowest BCUT2D eigenvalue weighted by molar-refractivity contribution is -0.136. The number of fused-ring (bicyclic) bond motifs is 1. The Hall–Kier alpha value is -3.52. The van der Waals surface area contributed by atoms with Crippen LogP contribution in [-0.4, -0.2) is 27.3 Å². The Kier molecular flexibility index (Phi) is 5.47. The minimum Gasteiger partial charge on any atom is -0.504 e. The van der Waals surface area contributed by atoms with E-state index in [0.29, 0.717) is 17.7 Å². The van der Waals surface area contributed by atoms with Crippen LogP contribution in [0.25, 0.3) is 22.3 Å². The number of carbonyl (C=O) groups is 1. The first-order valence-corrected chi connectivity index (χ1v) is 8.96. The topological polar surface area (TPSA) is 143 Å². The Morgan fingerprint density at radius 1 is 1.10 bits per heavy atom. The maximum atomic E-state index is 12.3. The summed E-state index contributed by atoms with van der Waals surface area (Å²) in [6, 6.07) is 7.71. The zero-order valence-electron chi connectivity index (χ0n) is 15.9. The molecule has 0 aliphatic heterocycles. The number of hydrogen-bond acceptors (Lipinski definition) is 8. The molecule has 0 radical (unpaired) electrons. The maximum absolute atomic E-state index is 12.3. The SMILES string of the molecule is CC(C)C[C@H](N)C(=O)Oc1ccc(-c2cc(=O)c3c(O)c(O)c(O)cc3o2)cc1. The van der Waals surface area contributed by atoms with Crippen molar-refractivity contribution in [2.24, 2.45) is 11.7 Å². The molecule has 2 aromatic carbocycles. The van der Waals surface area contributed by atoms with Crippen molar-refractivity contribution in [1.82, 2.24) is 0 Å². The minimum absolute atomic E-state index is 0.0875. The van der Waals surface area contributed by atoms with Gasteiger partial charge in [-0.3, -0.25) is 4.79 Å². The number of benzene rings is 2. The summed E-state index contributed by atoms with van der Waals surface area (Å²) in [7, 11) is 0. The minimum atomic E-state index is -0.792. The third kappa shape index (κ3) is 4.17. The largest absolute Gasteiger partial charge is 0.504 e. The Balaban J connectivity index is 1.88. The van der Waals surface area contributed by atoms with Crippen molar-refractivity contribution in [1.29, 1.82) is 0 Å². The van der Waals surface area contributed by atoms with Gasteiger partial charge in [0.05, 0.1) is 0 Å². The second-order valence-corrected chi connectivity index (χ2v) is 7.12. The third-order valence-electron chi connectivity index (χ3n) is 4.33. The summed E-state index contributed by atoms with van der Waals surface area (Å²) < 4.78 is 10.8. The molecule has 0 aliphatic rings. The van der Waals surface area contributed by atoms with Crippen molar-refractivity contribution in [2.75, 3.05) is 0 Å². The third-order valence-corrected chi connectivity index (χ3v) is 4.33. The predicted octanol–water partition coefficient (Wildman–Crippen LogP) is 2.86. The van der Waals surface area contributed by atoms with E-state index in [4.69, 9.17) is 14.9 Å². The van der Waals surface area contributed by atoms with Crippen molar-refractivity contribution in [3.8, 4) is 34.3 Å². The van der Waals surface area contributed by atoms with Gasteiger partial charge in [-0.05, 0) is 36.6 Å². The lowest BCUT2D eigenvalue weighted by atomic mass is 10.1. The van der Waals surface area contributed by atoms with Gasteiger partial charge in [0, 0.05) is 17.7 Å². The van der Waals surface area contributed by atoms with Crippen molar-refractivity contribution in [3.63, 3.8) is 0 Å². The van der Waals surface area contributed by atoms with Crippen LogP contribution in [-0.2, 0) is 4.79 Å². The van der Waals surface area contributed by atoms with Crippen LogP contribution < -0.4 is 15.9 Å². The molecule has 1 atom stereocenters. The first-order valence-electron chi connectivity index (χ1n) is 8.96. The monoisotopic (exact) mass is 399 g/mol. The number of aromatic hydroxyl groups is 3. The summed E-state index contributed by atoms with van der Waals surface area (Å²) in [6.07, 6.45) is 0.508. The van der Waals surface area contributed by atoms with Crippen molar-refractivity contribution in [3.05, 3.63) is 46.6 Å². The van der Waals surface area contributed by atoms with E-state index in [1.165, 1.54) is 12.1 Å². The van der Waals surface area contributed by atoms with Crippen LogP contribution in [0.1, 0.15) is 20.3 Å². The Morgan fingerprint density at radius 3 is 2.38 bits per heavy atom. The molecule has 0 saturated carbocycles. The summed E-state index contributed by atoms with van der Waals surface area (Å²) in [5.41, 5.74) is 5.63. The Bertz CT molecular complexity index is 1120. The van der Waals surface area contributed by atoms with Gasteiger partial charge in [0.1, 0.15) is 28.5 Å². The van der Waals surface area contributed by atoms with E-state index in [0.717, 1.165) is 12.1 Å². The summed E-state index contributed by atoms with van der Waals surface area (Å²) >= 11 is 0. The van der Waals surface area contributed by atoms with E-state index >= 15 is 0 Å². The second-order valence-electron chi connectivity index (χ2n) is 7.12. The molecule has 0 aliphatic carbocycles.